The van der Waals surface area contributed by atoms with Crippen LogP contribution < -0.4 is 5.32 Å². The summed E-state index contributed by atoms with van der Waals surface area (Å²) in [5.41, 5.74) is 0. The highest BCUT2D eigenvalue weighted by Crippen LogP contribution is 2.23. The molecular weight excluding hydrogens is 875 g/mol. The summed E-state index contributed by atoms with van der Waals surface area (Å²) in [6.45, 7) is 3.83. The predicted octanol–water partition coefficient (Wildman–Crippen LogP) is 15.6. The minimum Gasteiger partial charge on any atom is -0.394 e. The first-order valence-corrected chi connectivity index (χ1v) is 30.9. The van der Waals surface area contributed by atoms with E-state index in [4.69, 9.17) is 9.47 Å². The van der Waals surface area contributed by atoms with Gasteiger partial charge < -0.3 is 40.3 Å². The molecule has 9 nitrogen and oxygen atoms in total. The quantitative estimate of drug-likeness (QED) is 0.0261. The van der Waals surface area contributed by atoms with Crippen molar-refractivity contribution < 1.29 is 39.8 Å². The molecule has 1 aliphatic rings. The van der Waals surface area contributed by atoms with E-state index in [1.807, 2.05) is 6.08 Å². The third kappa shape index (κ3) is 40.3. The standard InChI is InChI=1S/C61H119NO8/c1-3-5-7-9-11-13-15-17-19-21-23-25-26-27-28-29-31-32-34-36-38-40-42-44-46-48-50-55(64)54(53-69-61-60(68)59(67)58(66)56(52-63)70-61)62-57(65)51-49-47-45-43-41-39-37-35-33-30-24-22-20-18-16-14-12-10-8-6-4-2/h48,50,54-56,58-61,63-64,66-68H,3-47,49,51-53H2,1-2H3,(H,62,65)/b50-48+. The van der Waals surface area contributed by atoms with Crippen LogP contribution >= 0.6 is 0 Å². The van der Waals surface area contributed by atoms with Crippen molar-refractivity contribution in [3.05, 3.63) is 12.2 Å². The lowest BCUT2D eigenvalue weighted by molar-refractivity contribution is -0.302. The molecule has 7 atom stereocenters. The maximum absolute atomic E-state index is 13.1. The average molecular weight is 995 g/mol. The number of nitrogens with one attached hydrogen (secondary N) is 1. The molecule has 7 unspecified atom stereocenters. The second-order valence-electron chi connectivity index (χ2n) is 21.9. The number of carbonyl (C=O) groups excluding carboxylic acids is 1. The number of unbranched alkanes of at least 4 members (excludes halogenated alkanes) is 44. The van der Waals surface area contributed by atoms with Crippen molar-refractivity contribution >= 4 is 5.91 Å². The molecule has 1 saturated heterocycles. The van der Waals surface area contributed by atoms with Gasteiger partial charge in [-0.05, 0) is 19.3 Å². The summed E-state index contributed by atoms with van der Waals surface area (Å²) < 4.78 is 11.3. The van der Waals surface area contributed by atoms with Gasteiger partial charge in [0, 0.05) is 6.42 Å². The van der Waals surface area contributed by atoms with E-state index < -0.39 is 49.5 Å². The molecule has 1 amide bonds. The highest BCUT2D eigenvalue weighted by Gasteiger charge is 2.44. The fraction of sp³-hybridized carbons (Fsp3) is 0.951. The van der Waals surface area contributed by atoms with Crippen LogP contribution in [0.1, 0.15) is 316 Å². The lowest BCUT2D eigenvalue weighted by atomic mass is 9.99. The third-order valence-corrected chi connectivity index (χ3v) is 15.1. The molecule has 0 spiro atoms. The molecule has 0 bridgehead atoms. The van der Waals surface area contributed by atoms with Gasteiger partial charge in [0.1, 0.15) is 24.4 Å². The summed E-state index contributed by atoms with van der Waals surface area (Å²) >= 11 is 0. The maximum atomic E-state index is 13.1. The Morgan fingerprint density at radius 1 is 0.471 bits per heavy atom. The number of amides is 1. The van der Waals surface area contributed by atoms with E-state index in [1.165, 1.54) is 257 Å². The fourth-order valence-electron chi connectivity index (χ4n) is 10.2. The van der Waals surface area contributed by atoms with E-state index >= 15 is 0 Å². The summed E-state index contributed by atoms with van der Waals surface area (Å²) in [6.07, 6.45) is 57.2. The molecule has 1 rings (SSSR count). The van der Waals surface area contributed by atoms with Crippen molar-refractivity contribution in [1.82, 2.24) is 5.32 Å². The van der Waals surface area contributed by atoms with Gasteiger partial charge in [-0.2, -0.15) is 0 Å². The van der Waals surface area contributed by atoms with Gasteiger partial charge in [-0.3, -0.25) is 4.79 Å². The Labute approximate surface area is 433 Å². The lowest BCUT2D eigenvalue weighted by Crippen LogP contribution is -2.60. The van der Waals surface area contributed by atoms with Crippen molar-refractivity contribution in [3.8, 4) is 0 Å². The van der Waals surface area contributed by atoms with Crippen molar-refractivity contribution in [3.63, 3.8) is 0 Å². The van der Waals surface area contributed by atoms with Crippen LogP contribution in [0, 0.1) is 0 Å². The molecule has 0 aromatic rings. The van der Waals surface area contributed by atoms with E-state index in [0.717, 1.165) is 38.5 Å². The summed E-state index contributed by atoms with van der Waals surface area (Å²) in [5, 5.41) is 54.6. The molecule has 0 radical (unpaired) electrons. The number of ether oxygens (including phenoxy) is 2. The van der Waals surface area contributed by atoms with E-state index in [-0.39, 0.29) is 12.5 Å². The number of aliphatic hydroxyl groups is 5. The molecular formula is C61H119NO8. The first-order chi connectivity index (χ1) is 34.3. The van der Waals surface area contributed by atoms with Crippen LogP contribution in [0.5, 0.6) is 0 Å². The Balaban J connectivity index is 2.18. The second kappa shape index (κ2) is 51.4. The molecule has 0 aliphatic carbocycles. The molecule has 416 valence electrons. The number of carbonyl (C=O) groups is 1. The molecule has 9 heteroatoms. The minimum atomic E-state index is -1.56. The van der Waals surface area contributed by atoms with Crippen LogP contribution in [0.4, 0.5) is 0 Å². The second-order valence-corrected chi connectivity index (χ2v) is 21.9. The summed E-state index contributed by atoms with van der Waals surface area (Å²) in [6, 6.07) is -0.801. The SMILES string of the molecule is CCCCCCCCCCCCCCCCCCCCCCCCCC/C=C/C(O)C(COC1OC(CO)C(O)C(O)C1O)NC(=O)CCCCCCCCCCCCCCCCCCCCCCC. The number of hydrogen-bond acceptors (Lipinski definition) is 8. The van der Waals surface area contributed by atoms with Crippen molar-refractivity contribution in [2.45, 2.75) is 358 Å². The summed E-state index contributed by atoms with van der Waals surface area (Å²) in [5.74, 6) is -0.169. The summed E-state index contributed by atoms with van der Waals surface area (Å²) in [7, 11) is 0. The van der Waals surface area contributed by atoms with Crippen molar-refractivity contribution in [1.29, 1.82) is 0 Å². The first kappa shape index (κ1) is 66.9. The maximum Gasteiger partial charge on any atom is 0.220 e. The zero-order valence-corrected chi connectivity index (χ0v) is 46.3. The van der Waals surface area contributed by atoms with Crippen LogP contribution in [-0.2, 0) is 14.3 Å². The molecule has 1 aliphatic heterocycles. The van der Waals surface area contributed by atoms with Gasteiger partial charge in [0.25, 0.3) is 0 Å². The normalized spacial score (nSPS) is 19.3. The molecule has 0 aromatic heterocycles. The highest BCUT2D eigenvalue weighted by molar-refractivity contribution is 5.76. The van der Waals surface area contributed by atoms with E-state index in [2.05, 4.69) is 19.2 Å². The van der Waals surface area contributed by atoms with Crippen LogP contribution in [0.2, 0.25) is 0 Å². The van der Waals surface area contributed by atoms with Gasteiger partial charge in [0.2, 0.25) is 5.91 Å². The van der Waals surface area contributed by atoms with Gasteiger partial charge in [-0.1, -0.05) is 302 Å². The van der Waals surface area contributed by atoms with E-state index in [0.29, 0.717) is 6.42 Å². The molecule has 70 heavy (non-hydrogen) atoms. The van der Waals surface area contributed by atoms with Crippen LogP contribution in [0.15, 0.2) is 12.2 Å². The van der Waals surface area contributed by atoms with Crippen LogP contribution in [0.3, 0.4) is 0 Å². The zero-order chi connectivity index (χ0) is 50.8. The smallest absolute Gasteiger partial charge is 0.220 e. The highest BCUT2D eigenvalue weighted by atomic mass is 16.7. The van der Waals surface area contributed by atoms with Crippen LogP contribution in [0.25, 0.3) is 0 Å². The monoisotopic (exact) mass is 994 g/mol. The average Bonchev–Trinajstić information content (AvgIpc) is 3.36. The minimum absolute atomic E-state index is 0.169. The Morgan fingerprint density at radius 3 is 1.11 bits per heavy atom. The van der Waals surface area contributed by atoms with Gasteiger partial charge in [-0.25, -0.2) is 0 Å². The molecule has 1 heterocycles. The van der Waals surface area contributed by atoms with Crippen LogP contribution in [-0.4, -0.2) is 87.5 Å². The predicted molar refractivity (Wildman–Crippen MR) is 295 cm³/mol. The molecule has 0 aromatic carbocycles. The Morgan fingerprint density at radius 2 is 0.786 bits per heavy atom. The number of rotatable bonds is 54. The Hall–Kier alpha value is -1.07. The number of allylic oxidation sites excluding steroid dienone is 1. The van der Waals surface area contributed by atoms with E-state index in [9.17, 15) is 30.3 Å². The van der Waals surface area contributed by atoms with Gasteiger partial charge >= 0.3 is 0 Å². The van der Waals surface area contributed by atoms with Crippen molar-refractivity contribution in [2.75, 3.05) is 13.2 Å². The van der Waals surface area contributed by atoms with Crippen molar-refractivity contribution in [2.24, 2.45) is 0 Å². The number of hydrogen-bond donors (Lipinski definition) is 6. The fourth-order valence-corrected chi connectivity index (χ4v) is 10.2. The zero-order valence-electron chi connectivity index (χ0n) is 46.3. The van der Waals surface area contributed by atoms with Gasteiger partial charge in [0.05, 0.1) is 25.4 Å². The van der Waals surface area contributed by atoms with Gasteiger partial charge in [-0.15, -0.1) is 0 Å². The first-order valence-electron chi connectivity index (χ1n) is 30.9. The Bertz CT molecular complexity index is 1110. The Kier molecular flexibility index (Phi) is 49.2. The molecule has 0 saturated carbocycles. The molecule has 6 N–H and O–H groups in total. The summed E-state index contributed by atoms with van der Waals surface area (Å²) in [4.78, 5) is 13.1. The largest absolute Gasteiger partial charge is 0.394 e. The topological polar surface area (TPSA) is 149 Å². The molecule has 1 fully saturated rings. The number of aliphatic hydroxyl groups excluding tert-OH is 5. The third-order valence-electron chi connectivity index (χ3n) is 15.1. The lowest BCUT2D eigenvalue weighted by Gasteiger charge is -2.40. The van der Waals surface area contributed by atoms with Gasteiger partial charge in [0.15, 0.2) is 6.29 Å². The van der Waals surface area contributed by atoms with E-state index in [1.54, 1.807) is 6.08 Å².